The van der Waals surface area contributed by atoms with Crippen LogP contribution in [0.25, 0.3) is 0 Å². The maximum atomic E-state index is 12.0. The van der Waals surface area contributed by atoms with Gasteiger partial charge in [-0.3, -0.25) is 19.2 Å². The lowest BCUT2D eigenvalue weighted by molar-refractivity contribution is -0.142. The molecule has 0 unspecified atom stereocenters. The molecule has 2 rings (SSSR count). The van der Waals surface area contributed by atoms with Crippen molar-refractivity contribution in [3.05, 3.63) is 45.6 Å². The first-order chi connectivity index (χ1) is 12.4. The second-order valence-corrected chi connectivity index (χ2v) is 6.97. The molecule has 6 nitrogen and oxygen atoms in total. The highest BCUT2D eigenvalue weighted by Gasteiger charge is 2.23. The average Bonchev–Trinajstić information content (AvgIpc) is 2.95. The van der Waals surface area contributed by atoms with Gasteiger partial charge in [0.2, 0.25) is 5.91 Å². The monoisotopic (exact) mass is 421 g/mol. The molecule has 0 aromatic heterocycles. The van der Waals surface area contributed by atoms with Crippen LogP contribution in [-0.2, 0) is 19.1 Å². The summed E-state index contributed by atoms with van der Waals surface area (Å²) in [5, 5.41) is 2.61. The van der Waals surface area contributed by atoms with Crippen molar-refractivity contribution >= 4 is 39.4 Å². The molecule has 0 spiro atoms. The van der Waals surface area contributed by atoms with Crippen LogP contribution < -0.4 is 5.32 Å². The molecule has 1 N–H and O–H groups in total. The van der Waals surface area contributed by atoms with Crippen molar-refractivity contribution in [1.29, 1.82) is 0 Å². The molecular weight excluding hydrogens is 402 g/mol. The minimum absolute atomic E-state index is 0.0698. The molecule has 26 heavy (non-hydrogen) atoms. The molecule has 1 aromatic carbocycles. The summed E-state index contributed by atoms with van der Waals surface area (Å²) in [5.74, 6) is -0.956. The van der Waals surface area contributed by atoms with Crippen LogP contribution in [0.1, 0.15) is 49.4 Å². The maximum Gasteiger partial charge on any atom is 0.306 e. The van der Waals surface area contributed by atoms with Gasteiger partial charge in [0.05, 0.1) is 6.42 Å². The first-order valence-corrected chi connectivity index (χ1v) is 9.13. The SMILES string of the molecule is CC1=C(C(=O)CCCCC(=O)OCC(=O)c2ccc(Br)cc2)CC(=O)N1. The van der Waals surface area contributed by atoms with Gasteiger partial charge in [-0.15, -0.1) is 0 Å². The summed E-state index contributed by atoms with van der Waals surface area (Å²) in [5.41, 5.74) is 1.62. The molecule has 1 aliphatic heterocycles. The molecule has 0 fully saturated rings. The third-order valence-corrected chi connectivity index (χ3v) is 4.55. The van der Waals surface area contributed by atoms with Gasteiger partial charge < -0.3 is 10.1 Å². The van der Waals surface area contributed by atoms with Gasteiger partial charge in [-0.2, -0.15) is 0 Å². The van der Waals surface area contributed by atoms with Crippen LogP contribution in [0.5, 0.6) is 0 Å². The Morgan fingerprint density at radius 1 is 1.08 bits per heavy atom. The third kappa shape index (κ3) is 5.91. The van der Waals surface area contributed by atoms with E-state index in [2.05, 4.69) is 21.2 Å². The number of rotatable bonds is 9. The number of Topliss-reactive ketones (excluding diaryl/α,β-unsaturated/α-hetero) is 2. The summed E-state index contributed by atoms with van der Waals surface area (Å²) in [6.45, 7) is 1.41. The van der Waals surface area contributed by atoms with Crippen molar-refractivity contribution < 1.29 is 23.9 Å². The second kappa shape index (κ2) is 9.43. The highest BCUT2D eigenvalue weighted by molar-refractivity contribution is 9.10. The summed E-state index contributed by atoms with van der Waals surface area (Å²) < 4.78 is 5.84. The van der Waals surface area contributed by atoms with Crippen molar-refractivity contribution in [2.75, 3.05) is 6.61 Å². The second-order valence-electron chi connectivity index (χ2n) is 6.05. The minimum Gasteiger partial charge on any atom is -0.457 e. The first-order valence-electron chi connectivity index (χ1n) is 8.34. The number of ether oxygens (including phenoxy) is 1. The zero-order valence-corrected chi connectivity index (χ0v) is 16.1. The smallest absolute Gasteiger partial charge is 0.306 e. The van der Waals surface area contributed by atoms with Crippen LogP contribution in [0.2, 0.25) is 0 Å². The van der Waals surface area contributed by atoms with Crippen LogP contribution in [0, 0.1) is 0 Å². The van der Waals surface area contributed by atoms with Crippen LogP contribution in [0.3, 0.4) is 0 Å². The summed E-state index contributed by atoms with van der Waals surface area (Å²) in [4.78, 5) is 46.9. The van der Waals surface area contributed by atoms with Gasteiger partial charge in [-0.1, -0.05) is 28.1 Å². The van der Waals surface area contributed by atoms with E-state index in [-0.39, 0.29) is 43.3 Å². The fraction of sp³-hybridized carbons (Fsp3) is 0.368. The molecule has 0 saturated carbocycles. The van der Waals surface area contributed by atoms with E-state index >= 15 is 0 Å². The third-order valence-electron chi connectivity index (χ3n) is 4.02. The molecule has 0 aliphatic carbocycles. The molecule has 0 atom stereocenters. The van der Waals surface area contributed by atoms with Crippen LogP contribution in [0.15, 0.2) is 40.0 Å². The Balaban J connectivity index is 1.64. The summed E-state index contributed by atoms with van der Waals surface area (Å²) in [6.07, 6.45) is 1.58. The fourth-order valence-electron chi connectivity index (χ4n) is 2.57. The summed E-state index contributed by atoms with van der Waals surface area (Å²) in [7, 11) is 0. The number of hydrogen-bond donors (Lipinski definition) is 1. The van der Waals surface area contributed by atoms with Gasteiger partial charge in [-0.05, 0) is 31.9 Å². The molecule has 1 heterocycles. The van der Waals surface area contributed by atoms with Crippen LogP contribution >= 0.6 is 15.9 Å². The number of esters is 1. The largest absolute Gasteiger partial charge is 0.457 e. The Morgan fingerprint density at radius 2 is 1.73 bits per heavy atom. The van der Waals surface area contributed by atoms with Gasteiger partial charge in [0, 0.05) is 34.1 Å². The quantitative estimate of drug-likeness (QED) is 0.375. The molecule has 7 heteroatoms. The van der Waals surface area contributed by atoms with Gasteiger partial charge >= 0.3 is 5.97 Å². The number of ketones is 2. The van der Waals surface area contributed by atoms with Crippen LogP contribution in [-0.4, -0.2) is 30.0 Å². The number of hydrogen-bond acceptors (Lipinski definition) is 5. The number of carbonyl (C=O) groups is 4. The van der Waals surface area contributed by atoms with E-state index in [1.54, 1.807) is 31.2 Å². The Labute approximate surface area is 160 Å². The molecule has 138 valence electrons. The van der Waals surface area contributed by atoms with E-state index < -0.39 is 5.97 Å². The van der Waals surface area contributed by atoms with E-state index in [0.717, 1.165) is 4.47 Å². The summed E-state index contributed by atoms with van der Waals surface area (Å²) in [6, 6.07) is 6.81. The maximum absolute atomic E-state index is 12.0. The fourth-order valence-corrected chi connectivity index (χ4v) is 2.84. The van der Waals surface area contributed by atoms with Gasteiger partial charge in [-0.25, -0.2) is 0 Å². The lowest BCUT2D eigenvalue weighted by atomic mass is 10.0. The number of halogens is 1. The normalized spacial score (nSPS) is 13.5. The Morgan fingerprint density at radius 3 is 2.35 bits per heavy atom. The Bertz CT molecular complexity index is 752. The van der Waals surface area contributed by atoms with Crippen molar-refractivity contribution in [2.24, 2.45) is 0 Å². The number of amides is 1. The number of nitrogens with one attached hydrogen (secondary N) is 1. The standard InChI is InChI=1S/C19H20BrNO5/c1-12-15(10-18(24)21-12)16(22)4-2-3-5-19(25)26-11-17(23)13-6-8-14(20)9-7-13/h6-9H,2-5,10-11H2,1H3,(H,21,24). The predicted molar refractivity (Wildman–Crippen MR) is 98.4 cm³/mol. The van der Waals surface area contributed by atoms with Crippen LogP contribution in [0.4, 0.5) is 0 Å². The van der Waals surface area contributed by atoms with Gasteiger partial charge in [0.25, 0.3) is 0 Å². The van der Waals surface area contributed by atoms with Gasteiger partial charge in [0.15, 0.2) is 18.2 Å². The molecule has 0 bridgehead atoms. The van der Waals surface area contributed by atoms with Gasteiger partial charge in [0.1, 0.15) is 0 Å². The molecule has 1 aliphatic rings. The number of carbonyl (C=O) groups excluding carboxylic acids is 4. The first kappa shape index (κ1) is 20.0. The zero-order valence-electron chi connectivity index (χ0n) is 14.5. The molecule has 1 amide bonds. The van der Waals surface area contributed by atoms with E-state index in [0.29, 0.717) is 29.7 Å². The van der Waals surface area contributed by atoms with E-state index in [4.69, 9.17) is 4.74 Å². The lowest BCUT2D eigenvalue weighted by Crippen LogP contribution is -2.14. The molecule has 0 saturated heterocycles. The lowest BCUT2D eigenvalue weighted by Gasteiger charge is -2.05. The topological polar surface area (TPSA) is 89.5 Å². The number of unbranched alkanes of at least 4 members (excludes halogenated alkanes) is 1. The van der Waals surface area contributed by atoms with E-state index in [1.807, 2.05) is 0 Å². The Kier molecular flexibility index (Phi) is 7.26. The minimum atomic E-state index is -0.462. The number of allylic oxidation sites excluding steroid dienone is 1. The highest BCUT2D eigenvalue weighted by Crippen LogP contribution is 2.18. The molecule has 0 radical (unpaired) electrons. The average molecular weight is 422 g/mol. The zero-order chi connectivity index (χ0) is 19.1. The van der Waals surface area contributed by atoms with Crippen molar-refractivity contribution in [1.82, 2.24) is 5.32 Å². The molecular formula is C19H20BrNO5. The highest BCUT2D eigenvalue weighted by atomic mass is 79.9. The number of benzene rings is 1. The molecule has 1 aromatic rings. The van der Waals surface area contributed by atoms with Crippen molar-refractivity contribution in [2.45, 2.75) is 39.0 Å². The van der Waals surface area contributed by atoms with E-state index in [1.165, 1.54) is 0 Å². The van der Waals surface area contributed by atoms with Crippen molar-refractivity contribution in [3.63, 3.8) is 0 Å². The van der Waals surface area contributed by atoms with Crippen molar-refractivity contribution in [3.8, 4) is 0 Å². The summed E-state index contributed by atoms with van der Waals surface area (Å²) >= 11 is 3.29. The Hall–Kier alpha value is -2.28. The predicted octanol–water partition coefficient (Wildman–Crippen LogP) is 3.10. The van der Waals surface area contributed by atoms with E-state index in [9.17, 15) is 19.2 Å².